The monoisotopic (exact) mass is 397 g/mol. The molecule has 2 aromatic carbocycles. The van der Waals surface area contributed by atoms with Crippen LogP contribution in [0.2, 0.25) is 0 Å². The molecule has 8 heteroatoms. The van der Waals surface area contributed by atoms with Crippen LogP contribution >= 0.6 is 0 Å². The van der Waals surface area contributed by atoms with Crippen LogP contribution in [0.15, 0.2) is 57.7 Å². The smallest absolute Gasteiger partial charge is 0.344 e. The quantitative estimate of drug-likeness (QED) is 0.483. The van der Waals surface area contributed by atoms with Crippen molar-refractivity contribution in [3.05, 3.63) is 64.5 Å². The molecule has 0 bridgehead atoms. The van der Waals surface area contributed by atoms with Crippen molar-refractivity contribution in [3.8, 4) is 11.5 Å². The van der Waals surface area contributed by atoms with E-state index < -0.39 is 30.7 Å². The molecule has 1 amide bonds. The van der Waals surface area contributed by atoms with Gasteiger partial charge in [-0.15, -0.1) is 0 Å². The van der Waals surface area contributed by atoms with Gasteiger partial charge in [0.2, 0.25) is 0 Å². The van der Waals surface area contributed by atoms with Gasteiger partial charge < -0.3 is 23.9 Å². The van der Waals surface area contributed by atoms with E-state index in [0.29, 0.717) is 22.8 Å². The fourth-order valence-corrected chi connectivity index (χ4v) is 2.62. The molecule has 3 aromatic rings. The maximum atomic E-state index is 11.9. The van der Waals surface area contributed by atoms with Crippen molar-refractivity contribution in [1.82, 2.24) is 0 Å². The fraction of sp³-hybridized carbons (Fsp3) is 0.190. The highest BCUT2D eigenvalue weighted by Gasteiger charge is 2.10. The van der Waals surface area contributed by atoms with E-state index in [1.54, 1.807) is 43.3 Å². The number of aryl methyl sites for hydroxylation is 1. The molecule has 1 heterocycles. The second-order valence-electron chi connectivity index (χ2n) is 6.14. The molecule has 0 aliphatic rings. The van der Waals surface area contributed by atoms with Crippen molar-refractivity contribution in [2.45, 2.75) is 6.92 Å². The molecule has 1 aromatic heterocycles. The number of methoxy groups -OCH3 is 1. The maximum Gasteiger partial charge on any atom is 0.344 e. The number of anilines is 1. The van der Waals surface area contributed by atoms with Crippen LogP contribution in [0.1, 0.15) is 5.56 Å². The molecular weight excluding hydrogens is 378 g/mol. The van der Waals surface area contributed by atoms with Crippen molar-refractivity contribution in [2.24, 2.45) is 0 Å². The Kier molecular flexibility index (Phi) is 6.13. The predicted molar refractivity (Wildman–Crippen MR) is 105 cm³/mol. The Morgan fingerprint density at radius 3 is 2.66 bits per heavy atom. The third-order valence-corrected chi connectivity index (χ3v) is 4.00. The molecule has 0 aliphatic heterocycles. The van der Waals surface area contributed by atoms with Crippen LogP contribution in [0, 0.1) is 6.92 Å². The van der Waals surface area contributed by atoms with Crippen molar-refractivity contribution < 1.29 is 28.2 Å². The summed E-state index contributed by atoms with van der Waals surface area (Å²) >= 11 is 0. The van der Waals surface area contributed by atoms with Gasteiger partial charge in [0.05, 0.1) is 7.11 Å². The lowest BCUT2D eigenvalue weighted by atomic mass is 10.1. The lowest BCUT2D eigenvalue weighted by Gasteiger charge is -2.09. The molecule has 0 spiro atoms. The molecule has 0 aliphatic carbocycles. The zero-order valence-electron chi connectivity index (χ0n) is 15.9. The van der Waals surface area contributed by atoms with Gasteiger partial charge in [-0.1, -0.05) is 6.07 Å². The van der Waals surface area contributed by atoms with E-state index in [1.807, 2.05) is 0 Å². The summed E-state index contributed by atoms with van der Waals surface area (Å²) in [6.45, 7) is 0.951. The van der Waals surface area contributed by atoms with E-state index in [-0.39, 0.29) is 0 Å². The summed E-state index contributed by atoms with van der Waals surface area (Å²) in [4.78, 5) is 35.2. The number of ether oxygens (including phenoxy) is 3. The Balaban J connectivity index is 1.50. The topological polar surface area (TPSA) is 104 Å². The van der Waals surface area contributed by atoms with Gasteiger partial charge >= 0.3 is 11.6 Å². The van der Waals surface area contributed by atoms with Gasteiger partial charge in [-0.05, 0) is 36.8 Å². The van der Waals surface area contributed by atoms with E-state index in [9.17, 15) is 14.4 Å². The molecule has 3 rings (SSSR count). The van der Waals surface area contributed by atoms with Crippen LogP contribution in [0.3, 0.4) is 0 Å². The van der Waals surface area contributed by atoms with E-state index in [1.165, 1.54) is 19.2 Å². The molecule has 0 atom stereocenters. The molecule has 1 N–H and O–H groups in total. The van der Waals surface area contributed by atoms with Crippen molar-refractivity contribution >= 4 is 28.5 Å². The zero-order valence-corrected chi connectivity index (χ0v) is 15.9. The molecule has 0 saturated carbocycles. The van der Waals surface area contributed by atoms with Gasteiger partial charge in [0.25, 0.3) is 5.91 Å². The van der Waals surface area contributed by atoms with Gasteiger partial charge in [0.1, 0.15) is 17.1 Å². The SMILES string of the molecule is COc1cccc(NC(=O)COC(=O)COc2ccc3c(C)cc(=O)oc3c2)c1. The van der Waals surface area contributed by atoms with E-state index in [0.717, 1.165) is 10.9 Å². The number of esters is 1. The van der Waals surface area contributed by atoms with Crippen LogP contribution in [0.25, 0.3) is 11.0 Å². The number of hydrogen-bond donors (Lipinski definition) is 1. The van der Waals surface area contributed by atoms with Gasteiger partial charge in [0.15, 0.2) is 13.2 Å². The standard InChI is InChI=1S/C21H19NO7/c1-13-8-20(24)29-18-10-16(6-7-17(13)18)27-12-21(25)28-11-19(23)22-14-4-3-5-15(9-14)26-2/h3-10H,11-12H2,1-2H3,(H,22,23). The Labute approximate surface area is 166 Å². The largest absolute Gasteiger partial charge is 0.497 e. The molecule has 29 heavy (non-hydrogen) atoms. The Bertz CT molecular complexity index is 1100. The lowest BCUT2D eigenvalue weighted by Crippen LogP contribution is -2.23. The number of nitrogens with one attached hydrogen (secondary N) is 1. The summed E-state index contributed by atoms with van der Waals surface area (Å²) in [5.41, 5.74) is 1.20. The minimum absolute atomic E-state index is 0.337. The second kappa shape index (κ2) is 8.92. The average Bonchev–Trinajstić information content (AvgIpc) is 2.70. The zero-order chi connectivity index (χ0) is 20.8. The molecule has 8 nitrogen and oxygen atoms in total. The summed E-state index contributed by atoms with van der Waals surface area (Å²) in [6.07, 6.45) is 0. The van der Waals surface area contributed by atoms with Gasteiger partial charge in [-0.3, -0.25) is 4.79 Å². The van der Waals surface area contributed by atoms with Crippen molar-refractivity contribution in [3.63, 3.8) is 0 Å². The van der Waals surface area contributed by atoms with Crippen LogP contribution in [-0.2, 0) is 14.3 Å². The lowest BCUT2D eigenvalue weighted by molar-refractivity contribution is -0.149. The molecule has 0 unspecified atom stereocenters. The first-order valence-electron chi connectivity index (χ1n) is 8.71. The van der Waals surface area contributed by atoms with Gasteiger partial charge in [-0.25, -0.2) is 9.59 Å². The van der Waals surface area contributed by atoms with Crippen molar-refractivity contribution in [2.75, 3.05) is 25.6 Å². The van der Waals surface area contributed by atoms with E-state index in [4.69, 9.17) is 18.6 Å². The van der Waals surface area contributed by atoms with E-state index >= 15 is 0 Å². The summed E-state index contributed by atoms with van der Waals surface area (Å²) in [6, 6.07) is 13.1. The van der Waals surface area contributed by atoms with Crippen LogP contribution in [-0.4, -0.2) is 32.2 Å². The number of amides is 1. The summed E-state index contributed by atoms with van der Waals surface area (Å²) in [5, 5.41) is 3.37. The number of benzene rings is 2. The molecule has 0 saturated heterocycles. The van der Waals surface area contributed by atoms with Gasteiger partial charge in [-0.2, -0.15) is 0 Å². The van der Waals surface area contributed by atoms with Crippen LogP contribution in [0.4, 0.5) is 5.69 Å². The Morgan fingerprint density at radius 2 is 1.86 bits per heavy atom. The molecule has 150 valence electrons. The average molecular weight is 397 g/mol. The first kappa shape index (κ1) is 19.9. The number of fused-ring (bicyclic) bond motifs is 1. The van der Waals surface area contributed by atoms with Crippen molar-refractivity contribution in [1.29, 1.82) is 0 Å². The summed E-state index contributed by atoms with van der Waals surface area (Å²) in [5.74, 6) is -0.273. The van der Waals surface area contributed by atoms with Gasteiger partial charge in [0, 0.05) is 29.3 Å². The normalized spacial score (nSPS) is 10.4. The molecule has 0 fully saturated rings. The predicted octanol–water partition coefficient (Wildman–Crippen LogP) is 2.67. The summed E-state index contributed by atoms with van der Waals surface area (Å²) < 4.78 is 20.5. The summed E-state index contributed by atoms with van der Waals surface area (Å²) in [7, 11) is 1.52. The minimum Gasteiger partial charge on any atom is -0.497 e. The number of hydrogen-bond acceptors (Lipinski definition) is 7. The molecule has 0 radical (unpaired) electrons. The highest BCUT2D eigenvalue weighted by Crippen LogP contribution is 2.22. The minimum atomic E-state index is -0.711. The maximum absolute atomic E-state index is 11.9. The van der Waals surface area contributed by atoms with Crippen LogP contribution in [0.5, 0.6) is 11.5 Å². The number of rotatable bonds is 7. The number of carbonyl (C=O) groups is 2. The molecular formula is C21H19NO7. The Morgan fingerprint density at radius 1 is 1.03 bits per heavy atom. The number of carbonyl (C=O) groups excluding carboxylic acids is 2. The second-order valence-corrected chi connectivity index (χ2v) is 6.14. The highest BCUT2D eigenvalue weighted by atomic mass is 16.6. The van der Waals surface area contributed by atoms with E-state index in [2.05, 4.69) is 5.32 Å². The third-order valence-electron chi connectivity index (χ3n) is 4.00. The first-order valence-corrected chi connectivity index (χ1v) is 8.71. The fourth-order valence-electron chi connectivity index (χ4n) is 2.62. The highest BCUT2D eigenvalue weighted by molar-refractivity contribution is 5.93. The van der Waals surface area contributed by atoms with Crippen LogP contribution < -0.4 is 20.4 Å². The first-order chi connectivity index (χ1) is 13.9. The third kappa shape index (κ3) is 5.35. The Hall–Kier alpha value is -3.81.